The number of anilines is 3. The van der Waals surface area contributed by atoms with Crippen molar-refractivity contribution in [3.63, 3.8) is 0 Å². The molecule has 0 saturated carbocycles. The van der Waals surface area contributed by atoms with Gasteiger partial charge in [-0.15, -0.1) is 0 Å². The molecule has 0 aromatic heterocycles. The average molecular weight is 896 g/mol. The Hall–Kier alpha value is -7.05. The molecule has 17 nitrogen and oxygen atoms in total. The number of nitrogens with one attached hydrogen (secondary N) is 6. The first-order valence-electron chi connectivity index (χ1n) is 22.5. The van der Waals surface area contributed by atoms with Gasteiger partial charge in [-0.2, -0.15) is 5.53 Å². The lowest BCUT2D eigenvalue weighted by atomic mass is 9.77. The van der Waals surface area contributed by atoms with Crippen LogP contribution in [0.2, 0.25) is 0 Å². The van der Waals surface area contributed by atoms with Crippen LogP contribution in [0.5, 0.6) is 28.7 Å². The molecule has 66 heavy (non-hydrogen) atoms. The lowest BCUT2D eigenvalue weighted by Crippen LogP contribution is -2.44. The van der Waals surface area contributed by atoms with E-state index < -0.39 is 11.6 Å². The highest BCUT2D eigenvalue weighted by Gasteiger charge is 2.54. The van der Waals surface area contributed by atoms with Crippen molar-refractivity contribution in [1.29, 1.82) is 0 Å². The summed E-state index contributed by atoms with van der Waals surface area (Å²) < 4.78 is 18.1. The Balaban J connectivity index is 0.624. The Labute approximate surface area is 381 Å². The number of aromatic hydroxyl groups is 2. The first kappa shape index (κ1) is 42.9. The maximum atomic E-state index is 13.5. The van der Waals surface area contributed by atoms with Crippen LogP contribution in [0.15, 0.2) is 97.1 Å². The Kier molecular flexibility index (Phi) is 11.7. The summed E-state index contributed by atoms with van der Waals surface area (Å²) in [7, 11) is 2.17. The summed E-state index contributed by atoms with van der Waals surface area (Å²) >= 11 is 0. The van der Waals surface area contributed by atoms with Gasteiger partial charge in [-0.3, -0.25) is 9.59 Å². The molecular weight excluding hydrogens is 843 g/mol. The molecule has 342 valence electrons. The van der Waals surface area contributed by atoms with Gasteiger partial charge in [0.1, 0.15) is 34.9 Å². The van der Waals surface area contributed by atoms with Crippen molar-refractivity contribution in [2.75, 3.05) is 81.5 Å². The van der Waals surface area contributed by atoms with Crippen LogP contribution in [-0.4, -0.2) is 110 Å². The molecule has 8 N–H and O–H groups in total. The van der Waals surface area contributed by atoms with Gasteiger partial charge in [-0.1, -0.05) is 18.2 Å². The molecule has 0 bridgehead atoms. The highest BCUT2D eigenvalue weighted by Crippen LogP contribution is 2.57. The van der Waals surface area contributed by atoms with Crippen LogP contribution in [-0.2, 0) is 15.1 Å². The molecule has 5 aliphatic rings. The number of hydrogen-bond donors (Lipinski definition) is 8. The van der Waals surface area contributed by atoms with Crippen LogP contribution in [0.25, 0.3) is 0 Å². The average Bonchev–Trinajstić information content (AvgIpc) is 4.04. The van der Waals surface area contributed by atoms with Crippen LogP contribution in [0.3, 0.4) is 0 Å². The van der Waals surface area contributed by atoms with Gasteiger partial charge >= 0.3 is 5.97 Å². The zero-order valence-corrected chi connectivity index (χ0v) is 36.6. The predicted octanol–water partition coefficient (Wildman–Crippen LogP) is 4.74. The van der Waals surface area contributed by atoms with Crippen LogP contribution >= 0.6 is 0 Å². The van der Waals surface area contributed by atoms with E-state index in [0.717, 1.165) is 55.3 Å². The fourth-order valence-electron chi connectivity index (χ4n) is 9.29. The molecule has 5 aromatic carbocycles. The van der Waals surface area contributed by atoms with E-state index in [0.29, 0.717) is 67.9 Å². The van der Waals surface area contributed by atoms with E-state index in [1.807, 2.05) is 17.1 Å². The Morgan fingerprint density at radius 2 is 1.55 bits per heavy atom. The topological polar surface area (TPSA) is 201 Å². The highest BCUT2D eigenvalue weighted by atomic mass is 16.6. The molecule has 2 fully saturated rings. The first-order valence-corrected chi connectivity index (χ1v) is 22.5. The number of ether oxygens (including phenoxy) is 3. The van der Waals surface area contributed by atoms with Crippen LogP contribution in [0, 0.1) is 0 Å². The number of nitrogens with zero attached hydrogens (tertiary/aromatic N) is 3. The van der Waals surface area contributed by atoms with Gasteiger partial charge in [-0.05, 0) is 92.2 Å². The molecule has 5 heterocycles. The molecule has 2 saturated heterocycles. The minimum Gasteiger partial charge on any atom is -0.508 e. The van der Waals surface area contributed by atoms with Gasteiger partial charge in [0.25, 0.3) is 5.91 Å². The number of benzene rings is 5. The second-order valence-electron chi connectivity index (χ2n) is 17.4. The summed E-state index contributed by atoms with van der Waals surface area (Å²) in [6.07, 6.45) is 1.67. The van der Waals surface area contributed by atoms with Crippen molar-refractivity contribution < 1.29 is 38.8 Å². The third-order valence-corrected chi connectivity index (χ3v) is 12.8. The standard InChI is InChI=1S/C49H53N9O8/c1-56-19-21-57(22-20-56)33-8-16-41-42(25-33)53-46(52-41)30-5-11-36(12-6-30)64-23-2-4-45(61)50-17-3-18-58-29-32(54-55-58)28-51-47(62)31-7-13-38-37(24-31)48(63)66-49(38)39-14-9-34(59)26-43(39)65-44-27-35(60)10-15-40(44)49/h5-16,24-27,32,46,52-55,59-60H,2-4,17-23,28-29H2,1H3,(H,50,61)(H,51,62). The van der Waals surface area contributed by atoms with Crippen molar-refractivity contribution >= 4 is 34.8 Å². The van der Waals surface area contributed by atoms with E-state index in [4.69, 9.17) is 14.2 Å². The number of phenolic OH excluding ortho intramolecular Hbond substituents is 2. The number of rotatable bonds is 14. The van der Waals surface area contributed by atoms with E-state index in [-0.39, 0.29) is 52.6 Å². The molecule has 2 unspecified atom stereocenters. The van der Waals surface area contributed by atoms with Crippen LogP contribution in [0.4, 0.5) is 17.1 Å². The second kappa shape index (κ2) is 18.1. The first-order chi connectivity index (χ1) is 32.1. The van der Waals surface area contributed by atoms with Crippen molar-refractivity contribution in [1.82, 2.24) is 31.5 Å². The summed E-state index contributed by atoms with van der Waals surface area (Å²) in [6, 6.07) is 28.5. The van der Waals surface area contributed by atoms with E-state index in [2.05, 4.69) is 79.4 Å². The summed E-state index contributed by atoms with van der Waals surface area (Å²) in [4.78, 5) is 44.2. The summed E-state index contributed by atoms with van der Waals surface area (Å²) in [5.74, 6) is 0.267. The Bertz CT molecular complexity index is 2600. The van der Waals surface area contributed by atoms with E-state index in [9.17, 15) is 24.6 Å². The van der Waals surface area contributed by atoms with Crippen molar-refractivity contribution in [2.24, 2.45) is 0 Å². The highest BCUT2D eigenvalue weighted by molar-refractivity contribution is 6.01. The third-order valence-electron chi connectivity index (χ3n) is 12.8. The third kappa shape index (κ3) is 8.60. The normalized spacial score (nSPS) is 19.1. The van der Waals surface area contributed by atoms with Crippen LogP contribution in [0.1, 0.15) is 68.4 Å². The van der Waals surface area contributed by atoms with Gasteiger partial charge in [0.15, 0.2) is 5.60 Å². The molecule has 5 aliphatic heterocycles. The molecule has 0 aliphatic carbocycles. The second-order valence-corrected chi connectivity index (χ2v) is 17.4. The minimum absolute atomic E-state index is 0.0197. The maximum absolute atomic E-state index is 13.5. The summed E-state index contributed by atoms with van der Waals surface area (Å²) in [5, 5.41) is 35.5. The van der Waals surface area contributed by atoms with E-state index in [1.54, 1.807) is 24.3 Å². The van der Waals surface area contributed by atoms with Crippen molar-refractivity contribution in [3.8, 4) is 28.7 Å². The van der Waals surface area contributed by atoms with Gasteiger partial charge in [0.2, 0.25) is 5.91 Å². The molecule has 5 aromatic rings. The molecule has 0 radical (unpaired) electrons. The quantitative estimate of drug-likeness (QED) is 0.0561. The number of fused-ring (bicyclic) bond motifs is 7. The monoisotopic (exact) mass is 895 g/mol. The fourth-order valence-corrected chi connectivity index (χ4v) is 9.29. The van der Waals surface area contributed by atoms with Crippen molar-refractivity contribution in [2.45, 2.75) is 37.1 Å². The van der Waals surface area contributed by atoms with Gasteiger partial charge in [0.05, 0.1) is 29.6 Å². The van der Waals surface area contributed by atoms with Gasteiger partial charge in [-0.25, -0.2) is 15.2 Å². The summed E-state index contributed by atoms with van der Waals surface area (Å²) in [6.45, 7) is 6.79. The number of amides is 2. The molecule has 2 atom stereocenters. The van der Waals surface area contributed by atoms with E-state index in [1.165, 1.54) is 36.0 Å². The smallest absolute Gasteiger partial charge is 0.340 e. The number of carbonyl (C=O) groups excluding carboxylic acids is 3. The van der Waals surface area contributed by atoms with Crippen molar-refractivity contribution in [3.05, 3.63) is 130 Å². The molecule has 2 amide bonds. The number of piperazine rings is 1. The molecular formula is C49H53N9O8. The Morgan fingerprint density at radius 3 is 2.30 bits per heavy atom. The van der Waals surface area contributed by atoms with Crippen LogP contribution < -0.4 is 46.6 Å². The zero-order chi connectivity index (χ0) is 45.4. The minimum atomic E-state index is -1.40. The lowest BCUT2D eigenvalue weighted by molar-refractivity contribution is -0.121. The molecule has 17 heteroatoms. The number of hydrogen-bond acceptors (Lipinski definition) is 15. The number of phenols is 2. The fraction of sp³-hybridized carbons (Fsp3) is 0.327. The summed E-state index contributed by atoms with van der Waals surface area (Å²) in [5.41, 5.74) is 11.5. The maximum Gasteiger partial charge on any atom is 0.340 e. The predicted molar refractivity (Wildman–Crippen MR) is 247 cm³/mol. The molecule has 1 spiro atoms. The number of hydrazine groups is 2. The Morgan fingerprint density at radius 1 is 0.818 bits per heavy atom. The number of carbonyl (C=O) groups is 3. The largest absolute Gasteiger partial charge is 0.508 e. The zero-order valence-electron chi connectivity index (χ0n) is 36.6. The molecule has 10 rings (SSSR count). The lowest BCUT2D eigenvalue weighted by Gasteiger charge is -2.36. The number of likely N-dealkylation sites (N-methyl/N-ethyl adjacent to an activating group) is 1. The SMILES string of the molecule is CN1CCN(c2ccc3c(c2)NC(c2ccc(OCCCC(=O)NCCCN4CC(CNC(=O)c5ccc6c(c5)C(=O)OC65c6ccc(O)cc6Oc6cc(O)ccc65)NN4)cc2)N3)CC1. The van der Waals surface area contributed by atoms with Gasteiger partial charge < -0.3 is 55.5 Å². The number of esters is 1. The van der Waals surface area contributed by atoms with Gasteiger partial charge in [0, 0.05) is 98.9 Å². The van der Waals surface area contributed by atoms with E-state index >= 15 is 0 Å².